The molecule has 2 aromatic heterocycles. The molecule has 1 N–H and O–H groups in total. The van der Waals surface area contributed by atoms with E-state index in [1.54, 1.807) is 22.7 Å². The van der Waals surface area contributed by atoms with Gasteiger partial charge >= 0.3 is 0 Å². The number of aryl methyl sites for hydroxylation is 1. The number of hydrogen-bond acceptors (Lipinski definition) is 5. The maximum absolute atomic E-state index is 4.19. The van der Waals surface area contributed by atoms with Crippen molar-refractivity contribution < 1.29 is 0 Å². The molecule has 0 unspecified atom stereocenters. The predicted octanol–water partition coefficient (Wildman–Crippen LogP) is 2.68. The Hall–Kier alpha value is -0.780. The fraction of sp³-hybridized carbons (Fsp3) is 0.400. The van der Waals surface area contributed by atoms with E-state index in [4.69, 9.17) is 0 Å². The van der Waals surface area contributed by atoms with Crippen molar-refractivity contribution in [2.45, 2.75) is 20.4 Å². The van der Waals surface area contributed by atoms with Gasteiger partial charge in [0.2, 0.25) is 0 Å². The maximum Gasteiger partial charge on any atom is 0.157 e. The molecule has 2 rings (SSSR count). The van der Waals surface area contributed by atoms with Crippen molar-refractivity contribution in [1.82, 2.24) is 15.5 Å². The molecule has 0 amide bonds. The molecule has 0 atom stereocenters. The van der Waals surface area contributed by atoms with Crippen molar-refractivity contribution in [3.63, 3.8) is 0 Å². The van der Waals surface area contributed by atoms with Crippen LogP contribution < -0.4 is 5.32 Å². The van der Waals surface area contributed by atoms with Gasteiger partial charge in [-0.15, -0.1) is 21.5 Å². The first kappa shape index (κ1) is 10.7. The number of thiophene rings is 1. The van der Waals surface area contributed by atoms with Gasteiger partial charge in [0, 0.05) is 11.4 Å². The minimum absolute atomic E-state index is 0.818. The average molecular weight is 239 g/mol. The van der Waals surface area contributed by atoms with Gasteiger partial charge in [-0.25, -0.2) is 0 Å². The van der Waals surface area contributed by atoms with Crippen LogP contribution in [0.4, 0.5) is 0 Å². The largest absolute Gasteiger partial charge is 0.311 e. The van der Waals surface area contributed by atoms with Crippen LogP contribution in [-0.4, -0.2) is 16.7 Å². The van der Waals surface area contributed by atoms with E-state index in [0.717, 1.165) is 23.1 Å². The van der Waals surface area contributed by atoms with E-state index in [1.807, 2.05) is 0 Å². The van der Waals surface area contributed by atoms with Crippen LogP contribution in [0.15, 0.2) is 12.1 Å². The molecule has 0 bridgehead atoms. The van der Waals surface area contributed by atoms with Crippen molar-refractivity contribution in [1.29, 1.82) is 0 Å². The molecular weight excluding hydrogens is 226 g/mol. The molecule has 0 aliphatic carbocycles. The molecule has 0 saturated carbocycles. The Bertz CT molecular complexity index is 433. The molecular formula is C10H13N3S2. The van der Waals surface area contributed by atoms with E-state index in [1.165, 1.54) is 9.75 Å². The highest BCUT2D eigenvalue weighted by atomic mass is 32.1. The minimum atomic E-state index is 0.818. The number of nitrogens with zero attached hydrogens (tertiary/aromatic N) is 2. The van der Waals surface area contributed by atoms with Gasteiger partial charge in [0.25, 0.3) is 0 Å². The van der Waals surface area contributed by atoms with Crippen LogP contribution in [0.25, 0.3) is 9.88 Å². The van der Waals surface area contributed by atoms with Gasteiger partial charge in [-0.3, -0.25) is 0 Å². The van der Waals surface area contributed by atoms with Gasteiger partial charge in [-0.2, -0.15) is 0 Å². The quantitative estimate of drug-likeness (QED) is 0.891. The number of hydrogen-bond donors (Lipinski definition) is 1. The Morgan fingerprint density at radius 1 is 1.27 bits per heavy atom. The highest BCUT2D eigenvalue weighted by Crippen LogP contribution is 2.29. The lowest BCUT2D eigenvalue weighted by atomic mass is 10.4. The maximum atomic E-state index is 4.19. The second kappa shape index (κ2) is 4.83. The zero-order valence-electron chi connectivity index (χ0n) is 8.78. The molecule has 0 radical (unpaired) electrons. The van der Waals surface area contributed by atoms with E-state index in [9.17, 15) is 0 Å². The highest BCUT2D eigenvalue weighted by Gasteiger charge is 2.07. The fourth-order valence-corrected chi connectivity index (χ4v) is 2.93. The molecule has 5 heteroatoms. The van der Waals surface area contributed by atoms with Crippen molar-refractivity contribution in [3.8, 4) is 9.88 Å². The van der Waals surface area contributed by atoms with Crippen LogP contribution in [0.1, 0.15) is 16.8 Å². The molecule has 0 saturated heterocycles. The molecule has 0 aromatic carbocycles. The summed E-state index contributed by atoms with van der Waals surface area (Å²) in [5.41, 5.74) is 0. The molecule has 2 heterocycles. The van der Waals surface area contributed by atoms with Gasteiger partial charge in [-0.05, 0) is 25.6 Å². The van der Waals surface area contributed by atoms with Crippen LogP contribution >= 0.6 is 22.7 Å². The lowest BCUT2D eigenvalue weighted by Gasteiger charge is -1.93. The summed E-state index contributed by atoms with van der Waals surface area (Å²) in [5, 5.41) is 13.7. The first-order valence-electron chi connectivity index (χ1n) is 4.89. The first-order chi connectivity index (χ1) is 7.29. The summed E-state index contributed by atoms with van der Waals surface area (Å²) in [6.07, 6.45) is 0. The topological polar surface area (TPSA) is 37.8 Å². The summed E-state index contributed by atoms with van der Waals surface area (Å²) in [7, 11) is 0. The molecule has 0 spiro atoms. The van der Waals surface area contributed by atoms with Crippen molar-refractivity contribution in [2.75, 3.05) is 6.54 Å². The lowest BCUT2D eigenvalue weighted by Crippen LogP contribution is -2.11. The average Bonchev–Trinajstić information content (AvgIpc) is 2.83. The normalized spacial score (nSPS) is 10.8. The lowest BCUT2D eigenvalue weighted by molar-refractivity contribution is 0.715. The van der Waals surface area contributed by atoms with Crippen LogP contribution in [0.5, 0.6) is 0 Å². The summed E-state index contributed by atoms with van der Waals surface area (Å²) in [6, 6.07) is 4.23. The highest BCUT2D eigenvalue weighted by molar-refractivity contribution is 7.21. The van der Waals surface area contributed by atoms with E-state index in [-0.39, 0.29) is 0 Å². The Morgan fingerprint density at radius 2 is 2.13 bits per heavy atom. The van der Waals surface area contributed by atoms with Gasteiger partial charge in [0.1, 0.15) is 5.01 Å². The second-order valence-corrected chi connectivity index (χ2v) is 5.54. The predicted molar refractivity (Wildman–Crippen MR) is 65.3 cm³/mol. The Morgan fingerprint density at radius 3 is 2.80 bits per heavy atom. The Labute approximate surface area is 97.2 Å². The third kappa shape index (κ3) is 2.62. The summed E-state index contributed by atoms with van der Waals surface area (Å²) in [4.78, 5) is 2.53. The van der Waals surface area contributed by atoms with E-state index < -0.39 is 0 Å². The zero-order valence-corrected chi connectivity index (χ0v) is 10.4. The van der Waals surface area contributed by atoms with Gasteiger partial charge < -0.3 is 5.32 Å². The van der Waals surface area contributed by atoms with Gasteiger partial charge in [0.15, 0.2) is 5.01 Å². The zero-order chi connectivity index (χ0) is 10.7. The molecule has 80 valence electrons. The van der Waals surface area contributed by atoms with E-state index >= 15 is 0 Å². The van der Waals surface area contributed by atoms with Gasteiger partial charge in [-0.1, -0.05) is 18.3 Å². The third-order valence-electron chi connectivity index (χ3n) is 1.94. The SMILES string of the molecule is CCNCc1nnc(-c2ccc(C)s2)s1. The molecule has 0 fully saturated rings. The molecule has 0 aliphatic rings. The summed E-state index contributed by atoms with van der Waals surface area (Å²) < 4.78 is 0. The van der Waals surface area contributed by atoms with Crippen LogP contribution in [-0.2, 0) is 6.54 Å². The Kier molecular flexibility index (Phi) is 3.45. The molecule has 0 aliphatic heterocycles. The third-order valence-corrected chi connectivity index (χ3v) is 4.04. The summed E-state index contributed by atoms with van der Waals surface area (Å²) >= 11 is 3.43. The van der Waals surface area contributed by atoms with E-state index in [2.05, 4.69) is 41.5 Å². The van der Waals surface area contributed by atoms with Crippen LogP contribution in [0.3, 0.4) is 0 Å². The molecule has 15 heavy (non-hydrogen) atoms. The number of aromatic nitrogens is 2. The van der Waals surface area contributed by atoms with Crippen LogP contribution in [0, 0.1) is 6.92 Å². The fourth-order valence-electron chi connectivity index (χ4n) is 1.21. The monoisotopic (exact) mass is 239 g/mol. The van der Waals surface area contributed by atoms with Gasteiger partial charge in [0.05, 0.1) is 4.88 Å². The van der Waals surface area contributed by atoms with Crippen molar-refractivity contribution in [3.05, 3.63) is 22.0 Å². The molecule has 3 nitrogen and oxygen atoms in total. The van der Waals surface area contributed by atoms with Crippen LogP contribution in [0.2, 0.25) is 0 Å². The van der Waals surface area contributed by atoms with Crippen molar-refractivity contribution in [2.24, 2.45) is 0 Å². The number of nitrogens with one attached hydrogen (secondary N) is 1. The standard InChI is InChI=1S/C10H13N3S2/c1-3-11-6-9-12-13-10(15-9)8-5-4-7(2)14-8/h4-5,11H,3,6H2,1-2H3. The molecule has 2 aromatic rings. The van der Waals surface area contributed by atoms with Crippen molar-refractivity contribution >= 4 is 22.7 Å². The smallest absolute Gasteiger partial charge is 0.157 e. The first-order valence-corrected chi connectivity index (χ1v) is 6.53. The van der Waals surface area contributed by atoms with E-state index in [0.29, 0.717) is 0 Å². The second-order valence-electron chi connectivity index (χ2n) is 3.19. The minimum Gasteiger partial charge on any atom is -0.311 e. The number of rotatable bonds is 4. The summed E-state index contributed by atoms with van der Waals surface area (Å²) in [6.45, 7) is 5.98. The summed E-state index contributed by atoms with van der Waals surface area (Å²) in [5.74, 6) is 0. The Balaban J connectivity index is 2.13.